The van der Waals surface area contributed by atoms with E-state index in [1.165, 1.54) is 4.90 Å². The molecule has 1 amide bonds. The van der Waals surface area contributed by atoms with Crippen molar-refractivity contribution in [1.82, 2.24) is 0 Å². The first-order chi connectivity index (χ1) is 6.02. The molecule has 13 heavy (non-hydrogen) atoms. The van der Waals surface area contributed by atoms with Gasteiger partial charge < -0.3 is 4.90 Å². The molecule has 0 saturated carbocycles. The second-order valence-corrected chi connectivity index (χ2v) is 3.93. The third-order valence-electron chi connectivity index (χ3n) is 1.53. The first kappa shape index (κ1) is 10.8. The summed E-state index contributed by atoms with van der Waals surface area (Å²) in [5, 5.41) is 0.993. The van der Waals surface area contributed by atoms with Crippen molar-refractivity contribution in [2.75, 3.05) is 11.9 Å². The highest BCUT2D eigenvalue weighted by Crippen LogP contribution is 2.28. The van der Waals surface area contributed by atoms with E-state index in [0.717, 1.165) is 0 Å². The maximum absolute atomic E-state index is 10.9. The van der Waals surface area contributed by atoms with Crippen LogP contribution in [-0.4, -0.2) is 11.9 Å². The highest BCUT2D eigenvalue weighted by atomic mass is 79.9. The van der Waals surface area contributed by atoms with Crippen molar-refractivity contribution in [2.24, 2.45) is 0 Å². The van der Waals surface area contributed by atoms with E-state index in [1.807, 2.05) is 0 Å². The van der Waals surface area contributed by atoms with Crippen LogP contribution >= 0.6 is 39.1 Å². The lowest BCUT2D eigenvalue weighted by Crippen LogP contribution is -2.19. The van der Waals surface area contributed by atoms with Crippen LogP contribution in [0.5, 0.6) is 0 Å². The van der Waals surface area contributed by atoms with Gasteiger partial charge in [0.25, 0.3) is 4.82 Å². The molecule has 2 nitrogen and oxygen atoms in total. The molecule has 1 aromatic carbocycles. The first-order valence-corrected chi connectivity index (χ1v) is 4.95. The van der Waals surface area contributed by atoms with Gasteiger partial charge in [0.15, 0.2) is 0 Å². The predicted molar refractivity (Wildman–Crippen MR) is 59.2 cm³/mol. The molecule has 0 fully saturated rings. The number of hydrogen-bond donors (Lipinski definition) is 0. The molecule has 1 aromatic rings. The van der Waals surface area contributed by atoms with Crippen molar-refractivity contribution in [2.45, 2.75) is 0 Å². The Labute approximate surface area is 94.6 Å². The molecule has 0 aliphatic carbocycles. The topological polar surface area (TPSA) is 20.3 Å². The molecule has 70 valence electrons. The zero-order chi connectivity index (χ0) is 10.0. The second-order valence-electron chi connectivity index (χ2n) is 2.41. The lowest BCUT2D eigenvalue weighted by molar-refractivity contribution is 0.267. The number of amides is 1. The van der Waals surface area contributed by atoms with Crippen molar-refractivity contribution < 1.29 is 4.79 Å². The molecule has 0 atom stereocenters. The molecule has 5 heteroatoms. The van der Waals surface area contributed by atoms with Crippen molar-refractivity contribution >= 4 is 49.6 Å². The molecular weight excluding hydrogens is 277 g/mol. The van der Waals surface area contributed by atoms with Crippen LogP contribution < -0.4 is 4.90 Å². The minimum atomic E-state index is -0.253. The van der Waals surface area contributed by atoms with Crippen molar-refractivity contribution in [3.63, 3.8) is 0 Å². The summed E-state index contributed by atoms with van der Waals surface area (Å²) in [6.07, 6.45) is 0. The van der Waals surface area contributed by atoms with E-state index in [1.54, 1.807) is 25.2 Å². The van der Waals surface area contributed by atoms with Crippen LogP contribution in [0.25, 0.3) is 0 Å². The fourth-order valence-electron chi connectivity index (χ4n) is 0.848. The monoisotopic (exact) mass is 281 g/mol. The molecule has 0 N–H and O–H groups in total. The smallest absolute Gasteiger partial charge is 0.293 e. The molecule has 0 saturated heterocycles. The van der Waals surface area contributed by atoms with E-state index in [-0.39, 0.29) is 4.82 Å². The zero-order valence-electron chi connectivity index (χ0n) is 6.72. The van der Waals surface area contributed by atoms with E-state index in [2.05, 4.69) is 15.9 Å². The van der Waals surface area contributed by atoms with Gasteiger partial charge in [0.2, 0.25) is 0 Å². The Morgan fingerprint density at radius 3 is 2.54 bits per heavy atom. The van der Waals surface area contributed by atoms with E-state index >= 15 is 0 Å². The Morgan fingerprint density at radius 2 is 2.08 bits per heavy atom. The average Bonchev–Trinajstić information content (AvgIpc) is 2.03. The summed E-state index contributed by atoms with van der Waals surface area (Å²) < 4.78 is 0. The van der Waals surface area contributed by atoms with Gasteiger partial charge in [0.1, 0.15) is 0 Å². The Balaban J connectivity index is 3.08. The normalized spacial score (nSPS) is 9.85. The van der Waals surface area contributed by atoms with Crippen molar-refractivity contribution in [1.29, 1.82) is 0 Å². The second kappa shape index (κ2) is 4.31. The van der Waals surface area contributed by atoms with E-state index in [4.69, 9.17) is 23.2 Å². The fraction of sp³-hybridized carbons (Fsp3) is 0.125. The van der Waals surface area contributed by atoms with Crippen LogP contribution in [0.1, 0.15) is 0 Å². The Bertz CT molecular complexity index is 343. The van der Waals surface area contributed by atoms with Crippen LogP contribution in [0.3, 0.4) is 0 Å². The van der Waals surface area contributed by atoms with Gasteiger partial charge in [-0.25, -0.2) is 0 Å². The van der Waals surface area contributed by atoms with Crippen LogP contribution in [0, 0.1) is 0 Å². The van der Waals surface area contributed by atoms with Gasteiger partial charge in [-0.15, -0.1) is 0 Å². The van der Waals surface area contributed by atoms with Gasteiger partial charge in [-0.05, 0) is 18.2 Å². The number of halogens is 3. The summed E-state index contributed by atoms with van der Waals surface area (Å²) in [6, 6.07) is 4.95. The lowest BCUT2D eigenvalue weighted by Gasteiger charge is -2.15. The number of anilines is 1. The van der Waals surface area contributed by atoms with E-state index in [0.29, 0.717) is 15.7 Å². The molecule has 0 spiro atoms. The standard InChI is InChI=1S/C8H6BrCl2NO/c1-12(8(9)13)7-3-2-5(10)4-6(7)11/h2-4H,1H3. The molecule has 0 aliphatic heterocycles. The van der Waals surface area contributed by atoms with Gasteiger partial charge in [-0.1, -0.05) is 23.2 Å². The average molecular weight is 283 g/mol. The number of carbonyl (C=O) groups excluding carboxylic acids is 1. The third-order valence-corrected chi connectivity index (χ3v) is 2.60. The lowest BCUT2D eigenvalue weighted by atomic mass is 10.3. The number of nitrogens with zero attached hydrogens (tertiary/aromatic N) is 1. The minimum absolute atomic E-state index is 0.253. The predicted octanol–water partition coefficient (Wildman–Crippen LogP) is 3.94. The molecule has 1 rings (SSSR count). The van der Waals surface area contributed by atoms with Crippen LogP contribution in [0.15, 0.2) is 18.2 Å². The van der Waals surface area contributed by atoms with E-state index < -0.39 is 0 Å². The maximum Gasteiger partial charge on any atom is 0.293 e. The number of benzene rings is 1. The van der Waals surface area contributed by atoms with Gasteiger partial charge >= 0.3 is 0 Å². The van der Waals surface area contributed by atoms with Crippen molar-refractivity contribution in [3.8, 4) is 0 Å². The Morgan fingerprint density at radius 1 is 1.46 bits per heavy atom. The molecule has 0 unspecified atom stereocenters. The SMILES string of the molecule is CN(C(=O)Br)c1ccc(Cl)cc1Cl. The summed E-state index contributed by atoms with van der Waals surface area (Å²) in [6.45, 7) is 0. The molecular formula is C8H6BrCl2NO. The third kappa shape index (κ3) is 2.59. The van der Waals surface area contributed by atoms with Gasteiger partial charge in [-0.2, -0.15) is 0 Å². The molecule has 0 aromatic heterocycles. The van der Waals surface area contributed by atoms with E-state index in [9.17, 15) is 4.79 Å². The quantitative estimate of drug-likeness (QED) is 0.564. The zero-order valence-corrected chi connectivity index (χ0v) is 9.82. The highest BCUT2D eigenvalue weighted by Gasteiger charge is 2.10. The highest BCUT2D eigenvalue weighted by molar-refractivity contribution is 9.18. The molecule has 0 heterocycles. The molecule has 0 radical (unpaired) electrons. The largest absolute Gasteiger partial charge is 0.305 e. The summed E-state index contributed by atoms with van der Waals surface area (Å²) >= 11 is 14.4. The van der Waals surface area contributed by atoms with Crippen LogP contribution in [0.4, 0.5) is 10.5 Å². The number of carbonyl (C=O) groups is 1. The van der Waals surface area contributed by atoms with Gasteiger partial charge in [-0.3, -0.25) is 4.79 Å². The summed E-state index contributed by atoms with van der Waals surface area (Å²) in [5.41, 5.74) is 0.618. The van der Waals surface area contributed by atoms with Crippen LogP contribution in [-0.2, 0) is 0 Å². The Hall–Kier alpha value is -0.250. The molecule has 0 bridgehead atoms. The fourth-order valence-corrected chi connectivity index (χ4v) is 1.57. The van der Waals surface area contributed by atoms with Gasteiger partial charge in [0, 0.05) is 28.0 Å². The summed E-state index contributed by atoms with van der Waals surface area (Å²) in [7, 11) is 1.62. The summed E-state index contributed by atoms with van der Waals surface area (Å²) in [4.78, 5) is 12.1. The minimum Gasteiger partial charge on any atom is -0.305 e. The Kier molecular flexibility index (Phi) is 3.59. The van der Waals surface area contributed by atoms with Crippen molar-refractivity contribution in [3.05, 3.63) is 28.2 Å². The maximum atomic E-state index is 10.9. The number of rotatable bonds is 1. The van der Waals surface area contributed by atoms with Crippen LogP contribution in [0.2, 0.25) is 10.0 Å². The summed E-state index contributed by atoms with van der Waals surface area (Å²) in [5.74, 6) is 0. The molecule has 0 aliphatic rings. The van der Waals surface area contributed by atoms with Gasteiger partial charge in [0.05, 0.1) is 10.7 Å². The first-order valence-electron chi connectivity index (χ1n) is 3.40. The number of hydrogen-bond acceptors (Lipinski definition) is 1.